The minimum absolute atomic E-state index is 0.289. The fourth-order valence-electron chi connectivity index (χ4n) is 4.05. The Balaban J connectivity index is 0. The van der Waals surface area contributed by atoms with Crippen molar-refractivity contribution in [3.63, 3.8) is 0 Å². The monoisotopic (exact) mass is 645 g/mol. The molecule has 0 aliphatic rings. The third-order valence-electron chi connectivity index (χ3n) is 6.28. The first-order valence-corrected chi connectivity index (χ1v) is 26.8. The molecular formula is C26H55F2Sn2. The second kappa shape index (κ2) is 24.8. The summed E-state index contributed by atoms with van der Waals surface area (Å²) in [6.45, 7) is 13.4. The van der Waals surface area contributed by atoms with E-state index in [0.29, 0.717) is 0 Å². The summed E-state index contributed by atoms with van der Waals surface area (Å²) in [6.07, 6.45) is 15.6. The molecule has 0 saturated heterocycles. The average molecular weight is 643 g/mol. The van der Waals surface area contributed by atoms with Crippen LogP contribution in [-0.2, 0) is 0 Å². The van der Waals surface area contributed by atoms with E-state index in [0.717, 1.165) is 51.8 Å². The van der Waals surface area contributed by atoms with Gasteiger partial charge < -0.3 is 0 Å². The van der Waals surface area contributed by atoms with Gasteiger partial charge in [-0.25, -0.2) is 0 Å². The van der Waals surface area contributed by atoms with Gasteiger partial charge in [0.05, 0.1) is 0 Å². The van der Waals surface area contributed by atoms with Crippen LogP contribution in [0.3, 0.4) is 0 Å². The summed E-state index contributed by atoms with van der Waals surface area (Å²) >= 11 is -3.81. The molecule has 1 radical (unpaired) electrons. The molecule has 0 aromatic rings. The number of unbranched alkanes of at least 4 members (excludes halogenated alkanes) is 6. The van der Waals surface area contributed by atoms with Crippen LogP contribution in [-0.4, -0.2) is 38.1 Å². The van der Waals surface area contributed by atoms with Crippen molar-refractivity contribution in [1.29, 1.82) is 0 Å². The summed E-state index contributed by atoms with van der Waals surface area (Å²) in [5.74, 6) is 0. The van der Waals surface area contributed by atoms with Crippen molar-refractivity contribution in [2.45, 2.75) is 145 Å². The second-order valence-corrected chi connectivity index (χ2v) is 30.6. The second-order valence-electron chi connectivity index (χ2n) is 9.11. The molecule has 0 unspecified atom stereocenters. The normalized spacial score (nSPS) is 12.2. The Kier molecular flexibility index (Phi) is 27.6. The van der Waals surface area contributed by atoms with Gasteiger partial charge in [0, 0.05) is 0 Å². The van der Waals surface area contributed by atoms with Gasteiger partial charge in [-0.05, 0) is 0 Å². The SMILES string of the molecule is CCC[CH2][Sn]([CH2]CCC)([CH2]CCC)/[C](F)=C/F.CCC[CH2][Sn]([CH2]CCC)[CH2]CCC. The molecule has 0 aliphatic carbocycles. The van der Waals surface area contributed by atoms with Crippen LogP contribution in [0.4, 0.5) is 8.78 Å². The Hall–Kier alpha value is 1.20. The maximum atomic E-state index is 14.0. The van der Waals surface area contributed by atoms with Crippen molar-refractivity contribution in [3.8, 4) is 0 Å². The van der Waals surface area contributed by atoms with Gasteiger partial charge in [-0.15, -0.1) is 0 Å². The average Bonchev–Trinajstić information content (AvgIpc) is 2.78. The van der Waals surface area contributed by atoms with Crippen LogP contribution in [0.5, 0.6) is 0 Å². The van der Waals surface area contributed by atoms with Crippen LogP contribution in [0, 0.1) is 0 Å². The number of halogens is 2. The van der Waals surface area contributed by atoms with Crippen LogP contribution in [0.1, 0.15) is 119 Å². The molecule has 181 valence electrons. The van der Waals surface area contributed by atoms with Gasteiger partial charge in [-0.2, -0.15) is 0 Å². The van der Waals surface area contributed by atoms with Gasteiger partial charge in [0.15, 0.2) is 0 Å². The standard InChI is InChI=1S/6C4H9.C2HF2.2Sn/c6*1-3-4-2;3-1-2-4;;/h6*1,3-4H2,2H3;1H;;. The molecule has 0 N–H and O–H groups in total. The Morgan fingerprint density at radius 3 is 1.13 bits per heavy atom. The Morgan fingerprint density at radius 2 is 0.900 bits per heavy atom. The minimum atomic E-state index is -2.97. The summed E-state index contributed by atoms with van der Waals surface area (Å²) in [4.78, 5) is 0. The van der Waals surface area contributed by atoms with E-state index in [1.807, 2.05) is 0 Å². The topological polar surface area (TPSA) is 0 Å². The van der Waals surface area contributed by atoms with Crippen molar-refractivity contribution >= 4 is 38.1 Å². The van der Waals surface area contributed by atoms with Crippen LogP contribution in [0.2, 0.25) is 26.6 Å². The fraction of sp³-hybridized carbons (Fsp3) is 0.923. The van der Waals surface area contributed by atoms with Crippen LogP contribution in [0.15, 0.2) is 10.2 Å². The molecule has 0 aliphatic heterocycles. The van der Waals surface area contributed by atoms with E-state index in [1.54, 1.807) is 13.3 Å². The third-order valence-corrected chi connectivity index (χ3v) is 29.8. The van der Waals surface area contributed by atoms with Crippen LogP contribution >= 0.6 is 0 Å². The van der Waals surface area contributed by atoms with E-state index in [4.69, 9.17) is 0 Å². The van der Waals surface area contributed by atoms with Gasteiger partial charge in [-0.1, -0.05) is 0 Å². The van der Waals surface area contributed by atoms with E-state index in [9.17, 15) is 8.78 Å². The Labute approximate surface area is 201 Å². The molecule has 0 spiro atoms. The summed E-state index contributed by atoms with van der Waals surface area (Å²) in [6, 6.07) is 0. The number of hydrogen-bond acceptors (Lipinski definition) is 0. The molecular weight excluding hydrogens is 588 g/mol. The molecule has 0 saturated carbocycles. The Bertz CT molecular complexity index is 331. The zero-order chi connectivity index (χ0) is 23.1. The van der Waals surface area contributed by atoms with E-state index in [-0.39, 0.29) is 10.2 Å². The first-order chi connectivity index (χ1) is 14.5. The molecule has 0 atom stereocenters. The van der Waals surface area contributed by atoms with E-state index < -0.39 is 38.1 Å². The number of rotatable bonds is 19. The first-order valence-electron chi connectivity index (χ1n) is 13.3. The van der Waals surface area contributed by atoms with Gasteiger partial charge >= 0.3 is 202 Å². The predicted molar refractivity (Wildman–Crippen MR) is 140 cm³/mol. The molecule has 0 rings (SSSR count). The van der Waals surface area contributed by atoms with Crippen molar-refractivity contribution < 1.29 is 8.78 Å². The molecule has 0 heterocycles. The molecule has 0 bridgehead atoms. The van der Waals surface area contributed by atoms with Gasteiger partial charge in [0.25, 0.3) is 0 Å². The first kappa shape index (κ1) is 33.4. The summed E-state index contributed by atoms with van der Waals surface area (Å²) < 4.78 is 34.4. The summed E-state index contributed by atoms with van der Waals surface area (Å²) in [5, 5.41) is 0. The molecule has 30 heavy (non-hydrogen) atoms. The predicted octanol–water partition coefficient (Wildman–Crippen LogP) is 11.0. The maximum absolute atomic E-state index is 14.0. The summed E-state index contributed by atoms with van der Waals surface area (Å²) in [5.41, 5.74) is 0. The van der Waals surface area contributed by atoms with Crippen LogP contribution < -0.4 is 0 Å². The van der Waals surface area contributed by atoms with Gasteiger partial charge in [0.2, 0.25) is 0 Å². The third kappa shape index (κ3) is 17.7. The fourth-order valence-corrected chi connectivity index (χ4v) is 27.2. The van der Waals surface area contributed by atoms with E-state index >= 15 is 0 Å². The quantitative estimate of drug-likeness (QED) is 0.123. The molecule has 0 aromatic heterocycles. The van der Waals surface area contributed by atoms with E-state index in [1.165, 1.54) is 38.5 Å². The molecule has 4 heteroatoms. The molecule has 0 nitrogen and oxygen atoms in total. The zero-order valence-electron chi connectivity index (χ0n) is 21.6. The summed E-state index contributed by atoms with van der Waals surface area (Å²) in [7, 11) is 0. The van der Waals surface area contributed by atoms with Gasteiger partial charge in [-0.3, -0.25) is 0 Å². The van der Waals surface area contributed by atoms with Crippen molar-refractivity contribution in [2.24, 2.45) is 0 Å². The Morgan fingerprint density at radius 1 is 0.600 bits per heavy atom. The van der Waals surface area contributed by atoms with Crippen molar-refractivity contribution in [2.75, 3.05) is 0 Å². The van der Waals surface area contributed by atoms with E-state index in [2.05, 4.69) is 41.5 Å². The molecule has 0 amide bonds. The van der Waals surface area contributed by atoms with Gasteiger partial charge in [0.1, 0.15) is 0 Å². The molecule has 0 aromatic carbocycles. The van der Waals surface area contributed by atoms with Crippen molar-refractivity contribution in [3.05, 3.63) is 10.2 Å². The van der Waals surface area contributed by atoms with Crippen LogP contribution in [0.25, 0.3) is 0 Å². The zero-order valence-corrected chi connectivity index (χ0v) is 27.3. The molecule has 0 fully saturated rings. The number of hydrogen-bond donors (Lipinski definition) is 0. The van der Waals surface area contributed by atoms with Crippen molar-refractivity contribution in [1.82, 2.24) is 0 Å².